The van der Waals surface area contributed by atoms with Crippen LogP contribution in [0.2, 0.25) is 0 Å². The molecule has 1 heterocycles. The summed E-state index contributed by atoms with van der Waals surface area (Å²) in [7, 11) is 0. The van der Waals surface area contributed by atoms with Gasteiger partial charge in [-0.2, -0.15) is 0 Å². The molecule has 1 atom stereocenters. The van der Waals surface area contributed by atoms with Gasteiger partial charge in [-0.3, -0.25) is 0 Å². The third-order valence-corrected chi connectivity index (χ3v) is 3.57. The summed E-state index contributed by atoms with van der Waals surface area (Å²) in [6.45, 7) is 3.97. The number of rotatable bonds is 2. The summed E-state index contributed by atoms with van der Waals surface area (Å²) in [5, 5.41) is 13.8. The van der Waals surface area contributed by atoms with Crippen LogP contribution in [-0.2, 0) is 0 Å². The monoisotopic (exact) mass is 205 g/mol. The highest BCUT2D eigenvalue weighted by atomic mass is 16.3. The summed E-state index contributed by atoms with van der Waals surface area (Å²) in [5.41, 5.74) is 0.717. The molecule has 2 nitrogen and oxygen atoms in total. The minimum absolute atomic E-state index is 0.223. The fourth-order valence-electron chi connectivity index (χ4n) is 2.34. The first-order chi connectivity index (χ1) is 7.22. The van der Waals surface area contributed by atoms with Crippen LogP contribution in [0.3, 0.4) is 0 Å². The summed E-state index contributed by atoms with van der Waals surface area (Å²) in [4.78, 5) is 0. The van der Waals surface area contributed by atoms with Crippen molar-refractivity contribution < 1.29 is 5.11 Å². The molecule has 82 valence electrons. The molecule has 2 heteroatoms. The largest absolute Gasteiger partial charge is 0.389 e. The van der Waals surface area contributed by atoms with Gasteiger partial charge in [-0.25, -0.2) is 0 Å². The molecule has 0 amide bonds. The lowest BCUT2D eigenvalue weighted by atomic mass is 9.77. The number of hydrogen-bond acceptors (Lipinski definition) is 2. The Morgan fingerprint density at radius 2 is 1.80 bits per heavy atom. The highest BCUT2D eigenvalue weighted by Crippen LogP contribution is 2.34. The summed E-state index contributed by atoms with van der Waals surface area (Å²) < 4.78 is 0. The number of benzene rings is 1. The topological polar surface area (TPSA) is 32.3 Å². The van der Waals surface area contributed by atoms with E-state index in [9.17, 15) is 5.11 Å². The minimum Gasteiger partial charge on any atom is -0.389 e. The van der Waals surface area contributed by atoms with E-state index < -0.39 is 5.60 Å². The molecule has 0 aromatic heterocycles. The first-order valence-electron chi connectivity index (χ1n) is 5.70. The molecule has 0 bridgehead atoms. The van der Waals surface area contributed by atoms with Gasteiger partial charge in [-0.05, 0) is 31.5 Å². The molecule has 1 saturated heterocycles. The molecule has 0 radical (unpaired) electrons. The molecule has 0 spiro atoms. The van der Waals surface area contributed by atoms with Crippen LogP contribution in [-0.4, -0.2) is 23.8 Å². The smallest absolute Gasteiger partial charge is 0.0737 e. The minimum atomic E-state index is -0.521. The zero-order chi connectivity index (χ0) is 10.7. The van der Waals surface area contributed by atoms with Gasteiger partial charge in [-0.15, -0.1) is 0 Å². The van der Waals surface area contributed by atoms with E-state index in [1.165, 1.54) is 5.56 Å². The van der Waals surface area contributed by atoms with E-state index in [0.29, 0.717) is 0 Å². The molecule has 0 aliphatic carbocycles. The van der Waals surface area contributed by atoms with E-state index in [-0.39, 0.29) is 5.92 Å². The molecular weight excluding hydrogens is 186 g/mol. The summed E-state index contributed by atoms with van der Waals surface area (Å²) in [6.07, 6.45) is 1.70. The van der Waals surface area contributed by atoms with Crippen molar-refractivity contribution in [3.63, 3.8) is 0 Å². The predicted molar refractivity (Wildman–Crippen MR) is 61.9 cm³/mol. The van der Waals surface area contributed by atoms with Gasteiger partial charge in [0.25, 0.3) is 0 Å². The van der Waals surface area contributed by atoms with Crippen LogP contribution in [0, 0.1) is 0 Å². The van der Waals surface area contributed by atoms with Crippen molar-refractivity contribution in [1.29, 1.82) is 0 Å². The Labute approximate surface area is 91.3 Å². The Hall–Kier alpha value is -0.860. The Balaban J connectivity index is 2.16. The van der Waals surface area contributed by atoms with Gasteiger partial charge < -0.3 is 10.4 Å². The Morgan fingerprint density at radius 3 is 2.40 bits per heavy atom. The molecule has 1 unspecified atom stereocenters. The maximum Gasteiger partial charge on any atom is 0.0737 e. The number of hydrogen-bond donors (Lipinski definition) is 2. The highest BCUT2D eigenvalue weighted by molar-refractivity contribution is 5.22. The molecular formula is C13H19NO. The summed E-state index contributed by atoms with van der Waals surface area (Å²) in [6, 6.07) is 10.3. The zero-order valence-corrected chi connectivity index (χ0v) is 9.24. The van der Waals surface area contributed by atoms with Crippen LogP contribution in [0.1, 0.15) is 31.2 Å². The van der Waals surface area contributed by atoms with E-state index in [0.717, 1.165) is 25.9 Å². The third-order valence-electron chi connectivity index (χ3n) is 3.57. The molecule has 2 rings (SSSR count). The second-order valence-electron chi connectivity index (χ2n) is 4.49. The highest BCUT2D eigenvalue weighted by Gasteiger charge is 2.35. The lowest BCUT2D eigenvalue weighted by Gasteiger charge is -2.38. The number of piperidine rings is 1. The summed E-state index contributed by atoms with van der Waals surface area (Å²) >= 11 is 0. The normalized spacial score (nSPS) is 22.3. The van der Waals surface area contributed by atoms with Crippen molar-refractivity contribution in [3.05, 3.63) is 35.9 Å². The van der Waals surface area contributed by atoms with E-state index in [2.05, 4.69) is 24.4 Å². The van der Waals surface area contributed by atoms with Crippen molar-refractivity contribution >= 4 is 0 Å². The van der Waals surface area contributed by atoms with Crippen LogP contribution >= 0.6 is 0 Å². The van der Waals surface area contributed by atoms with Gasteiger partial charge in [0.05, 0.1) is 5.60 Å². The van der Waals surface area contributed by atoms with Crippen molar-refractivity contribution in [3.8, 4) is 0 Å². The van der Waals surface area contributed by atoms with Crippen LogP contribution < -0.4 is 5.32 Å². The first-order valence-corrected chi connectivity index (χ1v) is 5.70. The Bertz CT molecular complexity index is 304. The lowest BCUT2D eigenvalue weighted by molar-refractivity contribution is -0.0108. The standard InChI is InChI=1S/C13H19NO/c1-11(12-5-3-2-4-6-12)13(15)7-9-14-10-8-13/h2-6,11,14-15H,7-10H2,1H3. The molecule has 2 N–H and O–H groups in total. The second-order valence-corrected chi connectivity index (χ2v) is 4.49. The predicted octanol–water partition coefficient (Wildman–Crippen LogP) is 1.90. The van der Waals surface area contributed by atoms with Crippen LogP contribution in [0.25, 0.3) is 0 Å². The zero-order valence-electron chi connectivity index (χ0n) is 9.24. The molecule has 1 aliphatic rings. The molecule has 0 saturated carbocycles. The van der Waals surface area contributed by atoms with Crippen molar-refractivity contribution in [2.24, 2.45) is 0 Å². The van der Waals surface area contributed by atoms with Gasteiger partial charge in [0, 0.05) is 5.92 Å². The molecule has 1 aliphatic heterocycles. The average molecular weight is 205 g/mol. The molecule has 15 heavy (non-hydrogen) atoms. The number of nitrogens with one attached hydrogen (secondary N) is 1. The van der Waals surface area contributed by atoms with Gasteiger partial charge in [0.15, 0.2) is 0 Å². The molecule has 1 fully saturated rings. The maximum atomic E-state index is 10.6. The summed E-state index contributed by atoms with van der Waals surface area (Å²) in [5.74, 6) is 0.223. The third kappa shape index (κ3) is 2.21. The van der Waals surface area contributed by atoms with Crippen LogP contribution in [0.15, 0.2) is 30.3 Å². The average Bonchev–Trinajstić information content (AvgIpc) is 2.30. The van der Waals surface area contributed by atoms with Gasteiger partial charge in [0.2, 0.25) is 0 Å². The van der Waals surface area contributed by atoms with E-state index in [4.69, 9.17) is 0 Å². The second kappa shape index (κ2) is 4.33. The van der Waals surface area contributed by atoms with Gasteiger partial charge in [0.1, 0.15) is 0 Å². The van der Waals surface area contributed by atoms with Crippen molar-refractivity contribution in [1.82, 2.24) is 5.32 Å². The number of aliphatic hydroxyl groups is 1. The quantitative estimate of drug-likeness (QED) is 0.773. The lowest BCUT2D eigenvalue weighted by Crippen LogP contribution is -2.45. The van der Waals surface area contributed by atoms with Crippen LogP contribution in [0.5, 0.6) is 0 Å². The molecule has 1 aromatic carbocycles. The fourth-order valence-corrected chi connectivity index (χ4v) is 2.34. The van der Waals surface area contributed by atoms with Crippen molar-refractivity contribution in [2.75, 3.05) is 13.1 Å². The SMILES string of the molecule is CC(c1ccccc1)C1(O)CCNCC1. The van der Waals surface area contributed by atoms with Crippen molar-refractivity contribution in [2.45, 2.75) is 31.3 Å². The van der Waals surface area contributed by atoms with E-state index >= 15 is 0 Å². The Morgan fingerprint density at radius 1 is 1.20 bits per heavy atom. The van der Waals surface area contributed by atoms with Gasteiger partial charge in [-0.1, -0.05) is 37.3 Å². The Kier molecular flexibility index (Phi) is 3.08. The molecule has 1 aromatic rings. The maximum absolute atomic E-state index is 10.6. The van der Waals surface area contributed by atoms with E-state index in [1.54, 1.807) is 0 Å². The first kappa shape index (κ1) is 10.7. The van der Waals surface area contributed by atoms with Crippen LogP contribution in [0.4, 0.5) is 0 Å². The van der Waals surface area contributed by atoms with Gasteiger partial charge >= 0.3 is 0 Å². The van der Waals surface area contributed by atoms with E-state index in [1.807, 2.05) is 18.2 Å². The fraction of sp³-hybridized carbons (Fsp3) is 0.538.